The lowest BCUT2D eigenvalue weighted by molar-refractivity contribution is -0.122. The zero-order valence-corrected chi connectivity index (χ0v) is 17.6. The van der Waals surface area contributed by atoms with E-state index in [2.05, 4.69) is 15.6 Å². The Balaban J connectivity index is 1.55. The molecule has 1 fully saturated rings. The largest absolute Gasteiger partial charge is 0.352 e. The minimum absolute atomic E-state index is 0.0703. The van der Waals surface area contributed by atoms with Gasteiger partial charge in [0.1, 0.15) is 11.4 Å². The molecule has 4 rings (SSSR count). The van der Waals surface area contributed by atoms with Gasteiger partial charge < -0.3 is 10.6 Å². The van der Waals surface area contributed by atoms with Crippen molar-refractivity contribution < 1.29 is 9.59 Å². The third-order valence-corrected chi connectivity index (χ3v) is 6.64. The first-order valence-electron chi connectivity index (χ1n) is 10.2. The first kappa shape index (κ1) is 20.3. The standard InChI is InChI=1S/C22H24N4O3S/c1-14-18-21(30-19(14)20(28)25-16-10-6-3-7-11-16)23-13-26(22(18)29)12-17(27)24-15-8-4-2-5-9-15/h3,6-7,10-11,13,15H,2,4-5,8-9,12H2,1H3,(H,24,27)(H,25,28). The Bertz CT molecular complexity index is 1130. The minimum atomic E-state index is -0.300. The molecule has 156 valence electrons. The summed E-state index contributed by atoms with van der Waals surface area (Å²) in [7, 11) is 0. The van der Waals surface area contributed by atoms with Crippen LogP contribution in [0, 0.1) is 6.92 Å². The summed E-state index contributed by atoms with van der Waals surface area (Å²) in [6.07, 6.45) is 6.83. The molecule has 1 aliphatic carbocycles. The number of rotatable bonds is 5. The van der Waals surface area contributed by atoms with Gasteiger partial charge in [-0.3, -0.25) is 19.0 Å². The number of aryl methyl sites for hydroxylation is 1. The van der Waals surface area contributed by atoms with Crippen molar-refractivity contribution in [1.29, 1.82) is 0 Å². The van der Waals surface area contributed by atoms with Crippen LogP contribution in [0.1, 0.15) is 47.3 Å². The molecule has 0 bridgehead atoms. The molecule has 2 N–H and O–H groups in total. The number of para-hydroxylation sites is 1. The number of amides is 2. The van der Waals surface area contributed by atoms with Crippen molar-refractivity contribution in [2.45, 2.75) is 51.6 Å². The highest BCUT2D eigenvalue weighted by Crippen LogP contribution is 2.27. The van der Waals surface area contributed by atoms with Gasteiger partial charge in [0.05, 0.1) is 16.6 Å². The van der Waals surface area contributed by atoms with Crippen LogP contribution in [0.15, 0.2) is 41.5 Å². The van der Waals surface area contributed by atoms with Gasteiger partial charge in [0.15, 0.2) is 0 Å². The van der Waals surface area contributed by atoms with E-state index in [4.69, 9.17) is 0 Å². The van der Waals surface area contributed by atoms with Crippen molar-refractivity contribution in [3.63, 3.8) is 0 Å². The molecule has 1 aromatic carbocycles. The molecule has 8 heteroatoms. The van der Waals surface area contributed by atoms with Crippen molar-refractivity contribution in [3.05, 3.63) is 57.5 Å². The van der Waals surface area contributed by atoms with Gasteiger partial charge in [-0.15, -0.1) is 11.3 Å². The Hall–Kier alpha value is -3.00. The molecule has 3 aromatic rings. The van der Waals surface area contributed by atoms with Gasteiger partial charge in [-0.25, -0.2) is 4.98 Å². The van der Waals surface area contributed by atoms with Crippen molar-refractivity contribution >= 4 is 39.1 Å². The lowest BCUT2D eigenvalue weighted by Crippen LogP contribution is -2.39. The fourth-order valence-electron chi connectivity index (χ4n) is 3.87. The molecule has 7 nitrogen and oxygen atoms in total. The van der Waals surface area contributed by atoms with E-state index in [1.165, 1.54) is 28.7 Å². The zero-order valence-electron chi connectivity index (χ0n) is 16.8. The number of carbonyl (C=O) groups is 2. The second kappa shape index (κ2) is 8.79. The number of anilines is 1. The van der Waals surface area contributed by atoms with Gasteiger partial charge in [0.25, 0.3) is 11.5 Å². The molecule has 0 spiro atoms. The molecular formula is C22H24N4O3S. The average Bonchev–Trinajstić information content (AvgIpc) is 3.09. The third-order valence-electron chi connectivity index (χ3n) is 5.44. The Morgan fingerprint density at radius 3 is 2.63 bits per heavy atom. The number of aromatic nitrogens is 2. The first-order chi connectivity index (χ1) is 14.5. The van der Waals surface area contributed by atoms with Crippen molar-refractivity contribution in [2.75, 3.05) is 5.32 Å². The summed E-state index contributed by atoms with van der Waals surface area (Å²) >= 11 is 1.18. The van der Waals surface area contributed by atoms with Gasteiger partial charge in [-0.1, -0.05) is 37.5 Å². The third kappa shape index (κ3) is 4.28. The molecule has 2 aromatic heterocycles. The smallest absolute Gasteiger partial charge is 0.266 e. The Kier molecular flexibility index (Phi) is 5.94. The molecule has 0 radical (unpaired) electrons. The lowest BCUT2D eigenvalue weighted by Gasteiger charge is -2.22. The molecule has 1 saturated carbocycles. The van der Waals surface area contributed by atoms with Crippen LogP contribution >= 0.6 is 11.3 Å². The Labute approximate surface area is 178 Å². The number of hydrogen-bond donors (Lipinski definition) is 2. The number of carbonyl (C=O) groups excluding carboxylic acids is 2. The van der Waals surface area contributed by atoms with Crippen LogP contribution in [0.2, 0.25) is 0 Å². The molecule has 0 aliphatic heterocycles. The predicted molar refractivity (Wildman–Crippen MR) is 118 cm³/mol. The SMILES string of the molecule is Cc1c(C(=O)Nc2ccccc2)sc2ncn(CC(=O)NC3CCCCC3)c(=O)c12. The first-order valence-corrected chi connectivity index (χ1v) is 11.0. The summed E-state index contributed by atoms with van der Waals surface area (Å²) in [5.74, 6) is -0.456. The number of fused-ring (bicyclic) bond motifs is 1. The highest BCUT2D eigenvalue weighted by Gasteiger charge is 2.21. The van der Waals surface area contributed by atoms with E-state index in [9.17, 15) is 14.4 Å². The topological polar surface area (TPSA) is 93.1 Å². The summed E-state index contributed by atoms with van der Waals surface area (Å²) < 4.78 is 1.32. The second-order valence-electron chi connectivity index (χ2n) is 7.64. The monoisotopic (exact) mass is 424 g/mol. The summed E-state index contributed by atoms with van der Waals surface area (Å²) in [4.78, 5) is 43.4. The normalized spacial score (nSPS) is 14.6. The summed E-state index contributed by atoms with van der Waals surface area (Å²) in [6, 6.07) is 9.34. The van der Waals surface area contributed by atoms with Gasteiger partial charge >= 0.3 is 0 Å². The van der Waals surface area contributed by atoms with Crippen LogP contribution in [-0.2, 0) is 11.3 Å². The zero-order chi connectivity index (χ0) is 21.1. The van der Waals surface area contributed by atoms with E-state index in [0.29, 0.717) is 26.3 Å². The molecular weight excluding hydrogens is 400 g/mol. The second-order valence-corrected chi connectivity index (χ2v) is 8.64. The molecule has 2 heterocycles. The van der Waals surface area contributed by atoms with Crippen LogP contribution in [0.4, 0.5) is 5.69 Å². The maximum Gasteiger partial charge on any atom is 0.266 e. The fourth-order valence-corrected chi connectivity index (χ4v) is 4.91. The number of nitrogens with one attached hydrogen (secondary N) is 2. The van der Waals surface area contributed by atoms with E-state index in [-0.39, 0.29) is 30.0 Å². The Morgan fingerprint density at radius 2 is 1.90 bits per heavy atom. The van der Waals surface area contributed by atoms with Crippen molar-refractivity contribution in [3.8, 4) is 0 Å². The number of nitrogens with zero attached hydrogens (tertiary/aromatic N) is 2. The van der Waals surface area contributed by atoms with Gasteiger partial charge in [0.2, 0.25) is 5.91 Å². The van der Waals surface area contributed by atoms with Gasteiger partial charge in [-0.05, 0) is 37.5 Å². The van der Waals surface area contributed by atoms with Crippen LogP contribution in [-0.4, -0.2) is 27.4 Å². The van der Waals surface area contributed by atoms with Crippen molar-refractivity contribution in [2.24, 2.45) is 0 Å². The predicted octanol–water partition coefficient (Wildman–Crippen LogP) is 3.47. The number of thiophene rings is 1. The highest BCUT2D eigenvalue weighted by atomic mass is 32.1. The summed E-state index contributed by atoms with van der Waals surface area (Å²) in [5.41, 5.74) is 0.971. The van der Waals surface area contributed by atoms with Gasteiger partial charge in [-0.2, -0.15) is 0 Å². The Morgan fingerprint density at radius 1 is 1.17 bits per heavy atom. The van der Waals surface area contributed by atoms with Crippen LogP contribution in [0.3, 0.4) is 0 Å². The van der Waals surface area contributed by atoms with E-state index in [1.807, 2.05) is 18.2 Å². The van der Waals surface area contributed by atoms with E-state index < -0.39 is 0 Å². The molecule has 0 atom stereocenters. The minimum Gasteiger partial charge on any atom is -0.352 e. The van der Waals surface area contributed by atoms with Gasteiger partial charge in [0, 0.05) is 11.7 Å². The van der Waals surface area contributed by atoms with E-state index >= 15 is 0 Å². The molecule has 2 amide bonds. The molecule has 1 aliphatic rings. The number of hydrogen-bond acceptors (Lipinski definition) is 5. The molecule has 30 heavy (non-hydrogen) atoms. The average molecular weight is 425 g/mol. The van der Waals surface area contributed by atoms with Crippen LogP contribution in [0.5, 0.6) is 0 Å². The van der Waals surface area contributed by atoms with Crippen LogP contribution in [0.25, 0.3) is 10.2 Å². The molecule has 0 unspecified atom stereocenters. The van der Waals surface area contributed by atoms with E-state index in [0.717, 1.165) is 25.7 Å². The summed E-state index contributed by atoms with van der Waals surface area (Å²) in [5, 5.41) is 6.26. The summed E-state index contributed by atoms with van der Waals surface area (Å²) in [6.45, 7) is 1.67. The van der Waals surface area contributed by atoms with E-state index in [1.54, 1.807) is 19.1 Å². The fraction of sp³-hybridized carbons (Fsp3) is 0.364. The number of benzene rings is 1. The van der Waals surface area contributed by atoms with Crippen molar-refractivity contribution in [1.82, 2.24) is 14.9 Å². The quantitative estimate of drug-likeness (QED) is 0.656. The lowest BCUT2D eigenvalue weighted by atomic mass is 9.95. The highest BCUT2D eigenvalue weighted by molar-refractivity contribution is 7.20. The maximum absolute atomic E-state index is 13.0. The maximum atomic E-state index is 13.0. The van der Waals surface area contributed by atoms with Crippen LogP contribution < -0.4 is 16.2 Å². The molecule has 0 saturated heterocycles.